The van der Waals surface area contributed by atoms with Gasteiger partial charge in [-0.3, -0.25) is 14.4 Å². The summed E-state index contributed by atoms with van der Waals surface area (Å²) in [6.07, 6.45) is 2.15. The fourth-order valence-corrected chi connectivity index (χ4v) is 5.55. The number of amides is 3. The van der Waals surface area contributed by atoms with E-state index in [4.69, 9.17) is 4.74 Å². The molecule has 0 aliphatic carbocycles. The summed E-state index contributed by atoms with van der Waals surface area (Å²) >= 11 is 2.78. The summed E-state index contributed by atoms with van der Waals surface area (Å²) < 4.78 is 4.82. The molecule has 4 rings (SSSR count). The Hall–Kier alpha value is -4.67. The molecule has 1 aromatic heterocycles. The molecule has 0 spiro atoms. The van der Waals surface area contributed by atoms with Crippen LogP contribution in [0.2, 0.25) is 0 Å². The number of benzene rings is 3. The SMILES string of the molecule is CCC(Sc1cccc(NC(=O)/C(=C\c2cccs2)NC(=O)c2ccccc2)c1)C(=O)Nc1ccccc1C(=O)OC. The number of hydrogen-bond acceptors (Lipinski definition) is 7. The average molecular weight is 600 g/mol. The van der Waals surface area contributed by atoms with E-state index in [0.717, 1.165) is 9.77 Å². The number of anilines is 2. The van der Waals surface area contributed by atoms with Gasteiger partial charge in [-0.25, -0.2) is 4.79 Å². The lowest BCUT2D eigenvalue weighted by molar-refractivity contribution is -0.116. The van der Waals surface area contributed by atoms with Crippen molar-refractivity contribution in [1.82, 2.24) is 5.32 Å². The smallest absolute Gasteiger partial charge is 0.339 e. The third-order valence-electron chi connectivity index (χ3n) is 5.98. The topological polar surface area (TPSA) is 114 Å². The quantitative estimate of drug-likeness (QED) is 0.104. The van der Waals surface area contributed by atoms with E-state index < -0.39 is 23.0 Å². The molecule has 4 aromatic rings. The van der Waals surface area contributed by atoms with Crippen LogP contribution < -0.4 is 16.0 Å². The Morgan fingerprint density at radius 3 is 2.38 bits per heavy atom. The number of hydrogen-bond donors (Lipinski definition) is 3. The summed E-state index contributed by atoms with van der Waals surface area (Å²) in [5.41, 5.74) is 1.67. The molecule has 0 radical (unpaired) electrons. The second-order valence-corrected chi connectivity index (χ2v) is 11.2. The summed E-state index contributed by atoms with van der Waals surface area (Å²) in [4.78, 5) is 52.9. The van der Waals surface area contributed by atoms with E-state index in [1.54, 1.807) is 72.8 Å². The Morgan fingerprint density at radius 2 is 1.67 bits per heavy atom. The van der Waals surface area contributed by atoms with Gasteiger partial charge < -0.3 is 20.7 Å². The zero-order valence-electron chi connectivity index (χ0n) is 23.0. The molecule has 3 amide bonds. The molecule has 8 nitrogen and oxygen atoms in total. The summed E-state index contributed by atoms with van der Waals surface area (Å²) in [7, 11) is 1.29. The van der Waals surface area contributed by atoms with Gasteiger partial charge in [-0.1, -0.05) is 49.4 Å². The van der Waals surface area contributed by atoms with Crippen molar-refractivity contribution in [3.8, 4) is 0 Å². The molecule has 0 bridgehead atoms. The van der Waals surface area contributed by atoms with E-state index in [1.807, 2.05) is 36.6 Å². The highest BCUT2D eigenvalue weighted by Crippen LogP contribution is 2.29. The van der Waals surface area contributed by atoms with Crippen molar-refractivity contribution >= 4 is 64.2 Å². The van der Waals surface area contributed by atoms with Gasteiger partial charge in [0.25, 0.3) is 11.8 Å². The minimum atomic E-state index is -0.539. The minimum absolute atomic E-state index is 0.0967. The first kappa shape index (κ1) is 30.3. The maximum absolute atomic E-state index is 13.3. The molecule has 0 aliphatic heterocycles. The predicted molar refractivity (Wildman–Crippen MR) is 168 cm³/mol. The standard InChI is InChI=1S/C32H29N3O5S2/c1-3-28(31(38)34-26-17-8-7-16-25(26)32(39)40-2)42-24-14-9-13-22(19-24)33-30(37)27(20-23-15-10-18-41-23)35-29(36)21-11-5-4-6-12-21/h4-20,28H,3H2,1-2H3,(H,33,37)(H,34,38)(H,35,36)/b27-20+. The van der Waals surface area contributed by atoms with E-state index >= 15 is 0 Å². The number of thioether (sulfide) groups is 1. The van der Waals surface area contributed by atoms with Crippen LogP contribution >= 0.6 is 23.1 Å². The predicted octanol–water partition coefficient (Wildman–Crippen LogP) is 6.45. The van der Waals surface area contributed by atoms with Crippen molar-refractivity contribution in [2.45, 2.75) is 23.5 Å². The van der Waals surface area contributed by atoms with Crippen LogP contribution in [0, 0.1) is 0 Å². The minimum Gasteiger partial charge on any atom is -0.465 e. The zero-order valence-corrected chi connectivity index (χ0v) is 24.6. The first-order chi connectivity index (χ1) is 20.4. The lowest BCUT2D eigenvalue weighted by atomic mass is 10.1. The van der Waals surface area contributed by atoms with Crippen molar-refractivity contribution < 1.29 is 23.9 Å². The monoisotopic (exact) mass is 599 g/mol. The van der Waals surface area contributed by atoms with E-state index in [-0.39, 0.29) is 17.2 Å². The van der Waals surface area contributed by atoms with Gasteiger partial charge in [-0.2, -0.15) is 0 Å². The Labute approximate surface area is 252 Å². The van der Waals surface area contributed by atoms with Gasteiger partial charge >= 0.3 is 5.97 Å². The van der Waals surface area contributed by atoms with Crippen LogP contribution in [0.15, 0.2) is 107 Å². The number of methoxy groups -OCH3 is 1. The average Bonchev–Trinajstić information content (AvgIpc) is 3.53. The number of carbonyl (C=O) groups is 4. The molecule has 0 saturated carbocycles. The summed E-state index contributed by atoms with van der Waals surface area (Å²) in [6.45, 7) is 1.89. The highest BCUT2D eigenvalue weighted by molar-refractivity contribution is 8.00. The second kappa shape index (κ2) is 14.8. The number of esters is 1. The molecule has 214 valence electrons. The molecule has 1 heterocycles. The largest absolute Gasteiger partial charge is 0.465 e. The third kappa shape index (κ3) is 8.18. The second-order valence-electron chi connectivity index (χ2n) is 8.92. The number of para-hydroxylation sites is 1. The molecule has 42 heavy (non-hydrogen) atoms. The lowest BCUT2D eigenvalue weighted by Crippen LogP contribution is -2.30. The Kier molecular flexibility index (Phi) is 10.7. The van der Waals surface area contributed by atoms with Gasteiger partial charge in [-0.15, -0.1) is 23.1 Å². The third-order valence-corrected chi connectivity index (χ3v) is 8.16. The Balaban J connectivity index is 1.47. The van der Waals surface area contributed by atoms with E-state index in [2.05, 4.69) is 16.0 Å². The van der Waals surface area contributed by atoms with Crippen LogP contribution in [-0.2, 0) is 14.3 Å². The van der Waals surface area contributed by atoms with Crippen LogP contribution in [0.5, 0.6) is 0 Å². The number of nitrogens with one attached hydrogen (secondary N) is 3. The van der Waals surface area contributed by atoms with Gasteiger partial charge in [0.2, 0.25) is 5.91 Å². The first-order valence-electron chi connectivity index (χ1n) is 13.1. The van der Waals surface area contributed by atoms with Crippen molar-refractivity contribution in [3.05, 3.63) is 118 Å². The van der Waals surface area contributed by atoms with Crippen LogP contribution in [0.3, 0.4) is 0 Å². The molecule has 0 aliphatic rings. The van der Waals surface area contributed by atoms with Crippen molar-refractivity contribution in [2.75, 3.05) is 17.7 Å². The van der Waals surface area contributed by atoms with Gasteiger partial charge in [0.15, 0.2) is 0 Å². The maximum atomic E-state index is 13.3. The lowest BCUT2D eigenvalue weighted by Gasteiger charge is -2.17. The van der Waals surface area contributed by atoms with Crippen molar-refractivity contribution in [1.29, 1.82) is 0 Å². The van der Waals surface area contributed by atoms with Crippen LogP contribution in [0.25, 0.3) is 6.08 Å². The van der Waals surface area contributed by atoms with Gasteiger partial charge in [-0.05, 0) is 66.4 Å². The molecule has 3 aromatic carbocycles. The summed E-state index contributed by atoms with van der Waals surface area (Å²) in [6, 6.07) is 26.2. The highest BCUT2D eigenvalue weighted by Gasteiger charge is 2.21. The van der Waals surface area contributed by atoms with Crippen LogP contribution in [-0.4, -0.2) is 36.1 Å². The molecule has 3 N–H and O–H groups in total. The fraction of sp³-hybridized carbons (Fsp3) is 0.125. The zero-order chi connectivity index (χ0) is 29.9. The highest BCUT2D eigenvalue weighted by atomic mass is 32.2. The molecule has 0 fully saturated rings. The number of thiophene rings is 1. The Bertz CT molecular complexity index is 1590. The van der Waals surface area contributed by atoms with E-state index in [0.29, 0.717) is 23.4 Å². The van der Waals surface area contributed by atoms with Gasteiger partial charge in [0.05, 0.1) is 23.6 Å². The van der Waals surface area contributed by atoms with E-state index in [9.17, 15) is 19.2 Å². The normalized spacial score (nSPS) is 11.7. The molecular weight excluding hydrogens is 571 g/mol. The molecule has 1 unspecified atom stereocenters. The number of rotatable bonds is 11. The molecule has 1 atom stereocenters. The molecule has 10 heteroatoms. The summed E-state index contributed by atoms with van der Waals surface area (Å²) in [5.74, 6) is -1.69. The van der Waals surface area contributed by atoms with Crippen molar-refractivity contribution in [3.63, 3.8) is 0 Å². The fourth-order valence-electron chi connectivity index (χ4n) is 3.88. The van der Waals surface area contributed by atoms with Gasteiger partial charge in [0, 0.05) is 21.0 Å². The summed E-state index contributed by atoms with van der Waals surface area (Å²) in [5, 5.41) is 9.83. The van der Waals surface area contributed by atoms with Crippen molar-refractivity contribution in [2.24, 2.45) is 0 Å². The van der Waals surface area contributed by atoms with Crippen LogP contribution in [0.4, 0.5) is 11.4 Å². The molecular formula is C32H29N3O5S2. The van der Waals surface area contributed by atoms with Gasteiger partial charge in [0.1, 0.15) is 5.70 Å². The number of ether oxygens (including phenoxy) is 1. The number of carbonyl (C=O) groups excluding carboxylic acids is 4. The Morgan fingerprint density at radius 1 is 0.905 bits per heavy atom. The van der Waals surface area contributed by atoms with E-state index in [1.165, 1.54) is 30.2 Å². The van der Waals surface area contributed by atoms with Crippen LogP contribution in [0.1, 0.15) is 38.9 Å². The molecule has 0 saturated heterocycles. The maximum Gasteiger partial charge on any atom is 0.339 e. The first-order valence-corrected chi connectivity index (χ1v) is 14.8.